The molecule has 29 heavy (non-hydrogen) atoms. The van der Waals surface area contributed by atoms with E-state index in [1.165, 1.54) is 0 Å². The number of carbonyl (C=O) groups excluding carboxylic acids is 1. The fourth-order valence-corrected chi connectivity index (χ4v) is 4.19. The number of carbonyl (C=O) groups is 1. The Labute approximate surface area is 171 Å². The standard InChI is InChI=1S/C20H30N8O/c1-2-26-11-13-27(14-12-26)9-4-6-23-20(29)16-5-3-10-28-18(16)24-25-19(28)17-15-21-7-8-22-17/h7-8,15-16H,2-6,9-14H2,1H3,(H,23,29). The van der Waals surface area contributed by atoms with Gasteiger partial charge in [0.05, 0.1) is 12.1 Å². The van der Waals surface area contributed by atoms with Crippen molar-refractivity contribution in [2.75, 3.05) is 45.8 Å². The first kappa shape index (κ1) is 19.9. The van der Waals surface area contributed by atoms with E-state index in [1.807, 2.05) is 4.57 Å². The molecule has 4 rings (SSSR count). The van der Waals surface area contributed by atoms with Gasteiger partial charge in [0.15, 0.2) is 5.82 Å². The SMILES string of the molecule is CCN1CCN(CCCNC(=O)C2CCCn3c(-c4cnccn4)nnc32)CC1. The molecule has 4 heterocycles. The van der Waals surface area contributed by atoms with Gasteiger partial charge >= 0.3 is 0 Å². The second kappa shape index (κ2) is 9.41. The average molecular weight is 399 g/mol. The molecule has 0 saturated carbocycles. The minimum absolute atomic E-state index is 0.0554. The lowest BCUT2D eigenvalue weighted by atomic mass is 9.97. The Bertz CT molecular complexity index is 800. The topological polar surface area (TPSA) is 92.1 Å². The number of hydrogen-bond acceptors (Lipinski definition) is 7. The Hall–Kier alpha value is -2.39. The Morgan fingerprint density at radius 2 is 1.97 bits per heavy atom. The van der Waals surface area contributed by atoms with E-state index in [4.69, 9.17) is 0 Å². The minimum atomic E-state index is -0.241. The van der Waals surface area contributed by atoms with Gasteiger partial charge < -0.3 is 19.7 Å². The Morgan fingerprint density at radius 1 is 1.14 bits per heavy atom. The second-order valence-electron chi connectivity index (χ2n) is 7.74. The summed E-state index contributed by atoms with van der Waals surface area (Å²) in [6, 6.07) is 0. The van der Waals surface area contributed by atoms with Gasteiger partial charge in [-0.3, -0.25) is 9.78 Å². The lowest BCUT2D eigenvalue weighted by Gasteiger charge is -2.34. The third-order valence-electron chi connectivity index (χ3n) is 5.94. The van der Waals surface area contributed by atoms with E-state index in [2.05, 4.69) is 42.2 Å². The number of hydrogen-bond donors (Lipinski definition) is 1. The normalized spacial score (nSPS) is 20.4. The molecule has 156 valence electrons. The Morgan fingerprint density at radius 3 is 2.72 bits per heavy atom. The highest BCUT2D eigenvalue weighted by Crippen LogP contribution is 2.29. The molecular weight excluding hydrogens is 368 g/mol. The van der Waals surface area contributed by atoms with Gasteiger partial charge in [0, 0.05) is 51.7 Å². The summed E-state index contributed by atoms with van der Waals surface area (Å²) < 4.78 is 2.02. The maximum Gasteiger partial charge on any atom is 0.230 e. The number of piperazine rings is 1. The summed E-state index contributed by atoms with van der Waals surface area (Å²) in [6.07, 6.45) is 7.67. The summed E-state index contributed by atoms with van der Waals surface area (Å²) in [4.78, 5) is 26.2. The van der Waals surface area contributed by atoms with E-state index in [0.29, 0.717) is 18.1 Å². The molecule has 0 bridgehead atoms. The van der Waals surface area contributed by atoms with Crippen LogP contribution in [-0.4, -0.2) is 86.3 Å². The molecule has 2 aromatic rings. The monoisotopic (exact) mass is 398 g/mol. The number of nitrogens with zero attached hydrogens (tertiary/aromatic N) is 7. The van der Waals surface area contributed by atoms with Crippen LogP contribution in [0.3, 0.4) is 0 Å². The van der Waals surface area contributed by atoms with Crippen LogP contribution in [0.25, 0.3) is 11.5 Å². The third kappa shape index (κ3) is 4.62. The van der Waals surface area contributed by atoms with Gasteiger partial charge in [-0.15, -0.1) is 10.2 Å². The number of nitrogens with one attached hydrogen (secondary N) is 1. The van der Waals surface area contributed by atoms with Crippen LogP contribution >= 0.6 is 0 Å². The van der Waals surface area contributed by atoms with E-state index in [1.54, 1.807) is 18.6 Å². The van der Waals surface area contributed by atoms with E-state index in [-0.39, 0.29) is 11.8 Å². The van der Waals surface area contributed by atoms with Crippen LogP contribution in [0.2, 0.25) is 0 Å². The highest BCUT2D eigenvalue weighted by molar-refractivity contribution is 5.83. The zero-order valence-electron chi connectivity index (χ0n) is 17.1. The molecule has 9 heteroatoms. The Kier molecular flexibility index (Phi) is 6.46. The largest absolute Gasteiger partial charge is 0.355 e. The molecule has 2 aliphatic rings. The molecule has 2 aliphatic heterocycles. The van der Waals surface area contributed by atoms with Crippen molar-refractivity contribution in [2.45, 2.75) is 38.6 Å². The molecule has 2 aromatic heterocycles. The molecule has 1 amide bonds. The minimum Gasteiger partial charge on any atom is -0.355 e. The number of rotatable bonds is 7. The van der Waals surface area contributed by atoms with Crippen molar-refractivity contribution in [3.05, 3.63) is 24.4 Å². The molecule has 1 fully saturated rings. The molecular formula is C20H30N8O. The van der Waals surface area contributed by atoms with Crippen LogP contribution in [-0.2, 0) is 11.3 Å². The first-order valence-corrected chi connectivity index (χ1v) is 10.7. The lowest BCUT2D eigenvalue weighted by molar-refractivity contribution is -0.123. The van der Waals surface area contributed by atoms with Gasteiger partial charge in [-0.2, -0.15) is 0 Å². The Balaban J connectivity index is 1.29. The molecule has 1 atom stereocenters. The van der Waals surface area contributed by atoms with Crippen LogP contribution in [0, 0.1) is 0 Å². The molecule has 0 radical (unpaired) electrons. The summed E-state index contributed by atoms with van der Waals surface area (Å²) in [7, 11) is 0. The summed E-state index contributed by atoms with van der Waals surface area (Å²) in [5.41, 5.74) is 0.690. The van der Waals surface area contributed by atoms with Gasteiger partial charge in [-0.25, -0.2) is 4.98 Å². The number of fused-ring (bicyclic) bond motifs is 1. The van der Waals surface area contributed by atoms with Crippen molar-refractivity contribution in [3.63, 3.8) is 0 Å². The van der Waals surface area contributed by atoms with Gasteiger partial charge in [0.25, 0.3) is 0 Å². The van der Waals surface area contributed by atoms with Crippen molar-refractivity contribution >= 4 is 5.91 Å². The van der Waals surface area contributed by atoms with Crippen molar-refractivity contribution < 1.29 is 4.79 Å². The maximum atomic E-state index is 12.8. The summed E-state index contributed by atoms with van der Waals surface area (Å²) in [5, 5.41) is 11.7. The average Bonchev–Trinajstić information content (AvgIpc) is 3.22. The van der Waals surface area contributed by atoms with Crippen molar-refractivity contribution in [3.8, 4) is 11.5 Å². The molecule has 0 aromatic carbocycles. The molecule has 1 saturated heterocycles. The fourth-order valence-electron chi connectivity index (χ4n) is 4.19. The molecule has 1 unspecified atom stereocenters. The summed E-state index contributed by atoms with van der Waals surface area (Å²) in [5.74, 6) is 1.25. The van der Waals surface area contributed by atoms with Crippen LogP contribution in [0.15, 0.2) is 18.6 Å². The maximum absolute atomic E-state index is 12.8. The highest BCUT2D eigenvalue weighted by atomic mass is 16.1. The van der Waals surface area contributed by atoms with E-state index in [9.17, 15) is 4.79 Å². The zero-order chi connectivity index (χ0) is 20.1. The van der Waals surface area contributed by atoms with E-state index < -0.39 is 0 Å². The summed E-state index contributed by atoms with van der Waals surface area (Å²) in [6.45, 7) is 10.4. The van der Waals surface area contributed by atoms with Crippen LogP contribution in [0.5, 0.6) is 0 Å². The predicted molar refractivity (Wildman–Crippen MR) is 109 cm³/mol. The number of aromatic nitrogens is 5. The van der Waals surface area contributed by atoms with E-state index in [0.717, 1.165) is 70.9 Å². The number of likely N-dealkylation sites (N-methyl/N-ethyl adjacent to an activating group) is 1. The smallest absolute Gasteiger partial charge is 0.230 e. The first-order valence-electron chi connectivity index (χ1n) is 10.7. The van der Waals surface area contributed by atoms with Crippen molar-refractivity contribution in [1.82, 2.24) is 39.8 Å². The zero-order valence-corrected chi connectivity index (χ0v) is 17.1. The van der Waals surface area contributed by atoms with Crippen LogP contribution in [0.1, 0.15) is 37.9 Å². The van der Waals surface area contributed by atoms with E-state index >= 15 is 0 Å². The predicted octanol–water partition coefficient (Wildman–Crippen LogP) is 0.756. The van der Waals surface area contributed by atoms with Gasteiger partial charge in [0.1, 0.15) is 11.5 Å². The number of amides is 1. The first-order chi connectivity index (χ1) is 14.3. The highest BCUT2D eigenvalue weighted by Gasteiger charge is 2.31. The quantitative estimate of drug-likeness (QED) is 0.688. The fraction of sp³-hybridized carbons (Fsp3) is 0.650. The van der Waals surface area contributed by atoms with Crippen LogP contribution < -0.4 is 5.32 Å². The molecule has 9 nitrogen and oxygen atoms in total. The molecule has 0 aliphatic carbocycles. The lowest BCUT2D eigenvalue weighted by Crippen LogP contribution is -2.46. The molecule has 1 N–H and O–H groups in total. The van der Waals surface area contributed by atoms with Crippen molar-refractivity contribution in [1.29, 1.82) is 0 Å². The summed E-state index contributed by atoms with van der Waals surface area (Å²) >= 11 is 0. The van der Waals surface area contributed by atoms with Gasteiger partial charge in [-0.05, 0) is 32.4 Å². The van der Waals surface area contributed by atoms with Gasteiger partial charge in [0.2, 0.25) is 5.91 Å². The van der Waals surface area contributed by atoms with Crippen molar-refractivity contribution in [2.24, 2.45) is 0 Å². The molecule has 0 spiro atoms. The second-order valence-corrected chi connectivity index (χ2v) is 7.74. The van der Waals surface area contributed by atoms with Gasteiger partial charge in [-0.1, -0.05) is 6.92 Å². The van der Waals surface area contributed by atoms with Crippen LogP contribution in [0.4, 0.5) is 0 Å². The third-order valence-corrected chi connectivity index (χ3v) is 5.94.